The highest BCUT2D eigenvalue weighted by Gasteiger charge is 2.14. The molecular weight excluding hydrogens is 376 g/mol. The van der Waals surface area contributed by atoms with Crippen molar-refractivity contribution >= 4 is 27.6 Å². The van der Waals surface area contributed by atoms with Gasteiger partial charge >= 0.3 is 0 Å². The van der Waals surface area contributed by atoms with Crippen LogP contribution in [0.5, 0.6) is 5.75 Å². The molecule has 0 fully saturated rings. The molecule has 0 saturated heterocycles. The molecule has 7 heteroatoms. The van der Waals surface area contributed by atoms with Crippen LogP contribution in [0.2, 0.25) is 0 Å². The second-order valence-electron chi connectivity index (χ2n) is 7.48. The van der Waals surface area contributed by atoms with Gasteiger partial charge in [-0.1, -0.05) is 6.07 Å². The molecule has 0 amide bonds. The zero-order valence-corrected chi connectivity index (χ0v) is 16.8. The van der Waals surface area contributed by atoms with Crippen molar-refractivity contribution < 1.29 is 4.74 Å². The van der Waals surface area contributed by atoms with Crippen LogP contribution in [0.1, 0.15) is 19.4 Å². The summed E-state index contributed by atoms with van der Waals surface area (Å²) in [6.07, 6.45) is 3.75. The summed E-state index contributed by atoms with van der Waals surface area (Å²) >= 11 is 0. The van der Waals surface area contributed by atoms with Crippen molar-refractivity contribution in [3.05, 3.63) is 66.5 Å². The summed E-state index contributed by atoms with van der Waals surface area (Å²) in [5.74, 6) is 1.54. The second kappa shape index (κ2) is 7.51. The molecule has 0 atom stereocenters. The zero-order chi connectivity index (χ0) is 20.5. The molecule has 0 bridgehead atoms. The first-order valence-electron chi connectivity index (χ1n) is 9.93. The minimum atomic E-state index is 0.113. The lowest BCUT2D eigenvalue weighted by Crippen LogP contribution is -2.05. The van der Waals surface area contributed by atoms with Gasteiger partial charge in [0.25, 0.3) is 0 Å². The molecule has 3 N–H and O–H groups in total. The monoisotopic (exact) mass is 398 g/mol. The fraction of sp³-hybridized carbons (Fsp3) is 0.174. The number of rotatable bonds is 6. The largest absolute Gasteiger partial charge is 0.491 e. The predicted octanol–water partition coefficient (Wildman–Crippen LogP) is 4.90. The van der Waals surface area contributed by atoms with E-state index in [1.807, 2.05) is 62.5 Å². The quantitative estimate of drug-likeness (QED) is 0.378. The van der Waals surface area contributed by atoms with Gasteiger partial charge in [-0.3, -0.25) is 10.1 Å². The van der Waals surface area contributed by atoms with Crippen LogP contribution in [0.25, 0.3) is 33.5 Å². The number of fused-ring (bicyclic) bond motifs is 2. The number of nitrogens with zero attached hydrogens (tertiary/aromatic N) is 3. The van der Waals surface area contributed by atoms with Crippen LogP contribution in [0.4, 0.5) is 5.69 Å². The second-order valence-corrected chi connectivity index (χ2v) is 7.48. The van der Waals surface area contributed by atoms with E-state index in [9.17, 15) is 0 Å². The number of benzene rings is 2. The molecule has 3 aromatic heterocycles. The number of aromatic nitrogens is 5. The molecule has 5 aromatic rings. The fourth-order valence-corrected chi connectivity index (χ4v) is 3.46. The number of nitrogens with one attached hydrogen (secondary N) is 3. The van der Waals surface area contributed by atoms with E-state index in [1.165, 1.54) is 0 Å². The van der Waals surface area contributed by atoms with Gasteiger partial charge in [-0.05, 0) is 61.9 Å². The molecule has 0 aliphatic heterocycles. The zero-order valence-electron chi connectivity index (χ0n) is 16.8. The van der Waals surface area contributed by atoms with E-state index in [0.29, 0.717) is 6.54 Å². The highest BCUT2D eigenvalue weighted by Crippen LogP contribution is 2.30. The summed E-state index contributed by atoms with van der Waals surface area (Å²) in [5, 5.41) is 12.0. The van der Waals surface area contributed by atoms with Crippen LogP contribution in [-0.4, -0.2) is 31.3 Å². The van der Waals surface area contributed by atoms with E-state index < -0.39 is 0 Å². The Morgan fingerprint density at radius 3 is 2.83 bits per heavy atom. The van der Waals surface area contributed by atoms with Gasteiger partial charge in [-0.15, -0.1) is 0 Å². The third kappa shape index (κ3) is 3.57. The topological polar surface area (TPSA) is 91.5 Å². The van der Waals surface area contributed by atoms with Gasteiger partial charge < -0.3 is 15.0 Å². The minimum Gasteiger partial charge on any atom is -0.491 e. The summed E-state index contributed by atoms with van der Waals surface area (Å²) in [6, 6.07) is 16.0. The summed E-state index contributed by atoms with van der Waals surface area (Å²) in [4.78, 5) is 12.3. The number of pyridine rings is 1. The van der Waals surface area contributed by atoms with Gasteiger partial charge in [0.2, 0.25) is 0 Å². The van der Waals surface area contributed by atoms with E-state index in [2.05, 4.69) is 31.5 Å². The van der Waals surface area contributed by atoms with Crippen molar-refractivity contribution in [1.82, 2.24) is 25.1 Å². The van der Waals surface area contributed by atoms with Crippen LogP contribution < -0.4 is 10.1 Å². The van der Waals surface area contributed by atoms with Crippen molar-refractivity contribution in [1.29, 1.82) is 0 Å². The van der Waals surface area contributed by atoms with E-state index in [0.717, 1.165) is 50.5 Å². The Morgan fingerprint density at radius 2 is 2.00 bits per heavy atom. The molecule has 150 valence electrons. The molecule has 0 radical (unpaired) electrons. The Labute approximate surface area is 173 Å². The van der Waals surface area contributed by atoms with Crippen molar-refractivity contribution in [3.63, 3.8) is 0 Å². The molecule has 3 heterocycles. The first kappa shape index (κ1) is 18.2. The number of ether oxygens (including phenoxy) is 1. The van der Waals surface area contributed by atoms with Gasteiger partial charge in [0, 0.05) is 30.0 Å². The van der Waals surface area contributed by atoms with E-state index in [1.54, 1.807) is 6.20 Å². The molecule has 0 saturated carbocycles. The van der Waals surface area contributed by atoms with Crippen molar-refractivity contribution in [2.75, 3.05) is 5.32 Å². The predicted molar refractivity (Wildman–Crippen MR) is 119 cm³/mol. The van der Waals surface area contributed by atoms with Gasteiger partial charge in [-0.25, -0.2) is 4.98 Å². The lowest BCUT2D eigenvalue weighted by Gasteiger charge is -2.09. The average Bonchev–Trinajstić information content (AvgIpc) is 3.35. The van der Waals surface area contributed by atoms with Gasteiger partial charge in [-0.2, -0.15) is 5.10 Å². The van der Waals surface area contributed by atoms with Crippen molar-refractivity contribution in [2.45, 2.75) is 26.5 Å². The highest BCUT2D eigenvalue weighted by atomic mass is 16.5. The van der Waals surface area contributed by atoms with E-state index >= 15 is 0 Å². The number of hydrogen-bond donors (Lipinski definition) is 3. The smallest absolute Gasteiger partial charge is 0.159 e. The molecule has 30 heavy (non-hydrogen) atoms. The fourth-order valence-electron chi connectivity index (χ4n) is 3.46. The molecule has 0 aliphatic carbocycles. The summed E-state index contributed by atoms with van der Waals surface area (Å²) in [7, 11) is 0. The normalized spacial score (nSPS) is 11.4. The molecule has 0 unspecified atom stereocenters. The standard InChI is InChI=1S/C23H22N6O/c1-14(2)30-17-6-8-19-18(11-17)22(29-28-19)23-26-20-7-5-16(10-21(20)27-23)25-13-15-4-3-9-24-12-15/h3-12,14,25H,13H2,1-2H3,(H,26,27)(H,28,29). The maximum absolute atomic E-state index is 5.84. The van der Waals surface area contributed by atoms with Gasteiger partial charge in [0.15, 0.2) is 5.82 Å². The van der Waals surface area contributed by atoms with Crippen LogP contribution >= 0.6 is 0 Å². The Bertz CT molecular complexity index is 1310. The van der Waals surface area contributed by atoms with Crippen LogP contribution in [0.3, 0.4) is 0 Å². The minimum absolute atomic E-state index is 0.113. The summed E-state index contributed by atoms with van der Waals surface area (Å²) < 4.78 is 5.84. The molecule has 5 rings (SSSR count). The Kier molecular flexibility index (Phi) is 4.55. The first-order valence-corrected chi connectivity index (χ1v) is 9.93. The number of aromatic amines is 2. The molecule has 0 aliphatic rings. The van der Waals surface area contributed by atoms with Crippen molar-refractivity contribution in [3.8, 4) is 17.3 Å². The lowest BCUT2D eigenvalue weighted by molar-refractivity contribution is 0.243. The Balaban J connectivity index is 1.45. The maximum atomic E-state index is 5.84. The Morgan fingerprint density at radius 1 is 1.07 bits per heavy atom. The lowest BCUT2D eigenvalue weighted by atomic mass is 10.2. The number of imidazole rings is 1. The first-order chi connectivity index (χ1) is 14.7. The number of anilines is 1. The average molecular weight is 398 g/mol. The van der Waals surface area contributed by atoms with Gasteiger partial charge in [0.1, 0.15) is 11.4 Å². The van der Waals surface area contributed by atoms with Crippen LogP contribution in [0, 0.1) is 0 Å². The highest BCUT2D eigenvalue weighted by molar-refractivity contribution is 5.94. The molecule has 2 aromatic carbocycles. The summed E-state index contributed by atoms with van der Waals surface area (Å²) in [5.41, 5.74) is 5.71. The maximum Gasteiger partial charge on any atom is 0.159 e. The number of H-pyrrole nitrogens is 2. The third-order valence-electron chi connectivity index (χ3n) is 4.83. The van der Waals surface area contributed by atoms with Gasteiger partial charge in [0.05, 0.1) is 22.7 Å². The third-order valence-corrected chi connectivity index (χ3v) is 4.83. The molecule has 0 spiro atoms. The summed E-state index contributed by atoms with van der Waals surface area (Å²) in [6.45, 7) is 4.74. The van der Waals surface area contributed by atoms with Crippen LogP contribution in [-0.2, 0) is 6.54 Å². The van der Waals surface area contributed by atoms with Crippen LogP contribution in [0.15, 0.2) is 60.9 Å². The van der Waals surface area contributed by atoms with E-state index in [-0.39, 0.29) is 6.10 Å². The van der Waals surface area contributed by atoms with E-state index in [4.69, 9.17) is 9.72 Å². The Hall–Kier alpha value is -3.87. The molecular formula is C23H22N6O. The SMILES string of the molecule is CC(C)Oc1ccc2[nH]nc(-c3nc4ccc(NCc5cccnc5)cc4[nH]3)c2c1. The molecule has 7 nitrogen and oxygen atoms in total. The van der Waals surface area contributed by atoms with Crippen molar-refractivity contribution in [2.24, 2.45) is 0 Å². The number of hydrogen-bond acceptors (Lipinski definition) is 5.